The minimum atomic E-state index is -0.649. The predicted molar refractivity (Wildman–Crippen MR) is 90.1 cm³/mol. The monoisotopic (exact) mass is 325 g/mol. The number of nitrogens with one attached hydrogen (secondary N) is 1. The van der Waals surface area contributed by atoms with Crippen molar-refractivity contribution in [3.63, 3.8) is 0 Å². The Hall–Kier alpha value is -0.800. The Morgan fingerprint density at radius 2 is 1.81 bits per heavy atom. The number of thioether (sulfide) groups is 1. The maximum absolute atomic E-state index is 12.1. The molecule has 0 aromatic carbocycles. The molecule has 1 saturated heterocycles. The molecule has 1 amide bonds. The van der Waals surface area contributed by atoms with Gasteiger partial charge >= 0.3 is 0 Å². The Balaban J connectivity index is 1.79. The maximum atomic E-state index is 12.1. The van der Waals surface area contributed by atoms with Crippen LogP contribution < -0.4 is 5.32 Å². The molecule has 2 fully saturated rings. The second kappa shape index (κ2) is 8.00. The van der Waals surface area contributed by atoms with Crippen LogP contribution in [0.3, 0.4) is 0 Å². The number of nitrogens with zero attached hydrogens (tertiary/aromatic N) is 2. The molecule has 0 radical (unpaired) electrons. The first-order chi connectivity index (χ1) is 10.2. The predicted octanol–water partition coefficient (Wildman–Crippen LogP) is 2.83. The molecule has 1 N–H and O–H groups in total. The van der Waals surface area contributed by atoms with Gasteiger partial charge in [-0.1, -0.05) is 49.7 Å². The SMILES string of the molecule is N#CC1(NC(=O)CSC(=S)N2CCCC2)CCCCCC1. The van der Waals surface area contributed by atoms with Crippen LogP contribution in [0.5, 0.6) is 0 Å². The largest absolute Gasteiger partial charge is 0.358 e. The van der Waals surface area contributed by atoms with E-state index < -0.39 is 5.54 Å². The summed E-state index contributed by atoms with van der Waals surface area (Å²) in [6.07, 6.45) is 8.28. The third-order valence-corrected chi connectivity index (χ3v) is 5.76. The highest BCUT2D eigenvalue weighted by Gasteiger charge is 2.32. The van der Waals surface area contributed by atoms with Crippen LogP contribution in [0.15, 0.2) is 0 Å². The number of carbonyl (C=O) groups excluding carboxylic acids is 1. The average Bonchev–Trinajstić information content (AvgIpc) is 2.93. The molecule has 6 heteroatoms. The quantitative estimate of drug-likeness (QED) is 0.639. The Morgan fingerprint density at radius 1 is 1.19 bits per heavy atom. The van der Waals surface area contributed by atoms with E-state index in [2.05, 4.69) is 16.3 Å². The Labute approximate surface area is 136 Å². The van der Waals surface area contributed by atoms with Crippen LogP contribution in [0.2, 0.25) is 0 Å². The van der Waals surface area contributed by atoms with Crippen molar-refractivity contribution in [2.45, 2.75) is 56.9 Å². The number of nitriles is 1. The van der Waals surface area contributed by atoms with Gasteiger partial charge in [0.05, 0.1) is 11.8 Å². The van der Waals surface area contributed by atoms with E-state index in [1.54, 1.807) is 0 Å². The fourth-order valence-corrected chi connectivity index (χ4v) is 4.07. The van der Waals surface area contributed by atoms with E-state index in [0.717, 1.165) is 55.9 Å². The highest BCUT2D eigenvalue weighted by atomic mass is 32.2. The zero-order valence-electron chi connectivity index (χ0n) is 12.4. The Kier molecular flexibility index (Phi) is 6.31. The summed E-state index contributed by atoms with van der Waals surface area (Å²) in [6.45, 7) is 2.02. The average molecular weight is 326 g/mol. The smallest absolute Gasteiger partial charge is 0.231 e. The maximum Gasteiger partial charge on any atom is 0.231 e. The molecule has 1 aliphatic heterocycles. The summed E-state index contributed by atoms with van der Waals surface area (Å²) in [5, 5.41) is 12.4. The highest BCUT2D eigenvalue weighted by Crippen LogP contribution is 2.26. The van der Waals surface area contributed by atoms with Gasteiger partial charge < -0.3 is 10.2 Å². The molecule has 116 valence electrons. The third kappa shape index (κ3) is 4.86. The number of thiocarbonyl (C=S) groups is 1. The van der Waals surface area contributed by atoms with Crippen molar-refractivity contribution in [2.75, 3.05) is 18.8 Å². The standard InChI is InChI=1S/C15H23N3OS2/c16-12-15(7-3-1-2-4-8-15)17-13(19)11-21-14(20)18-9-5-6-10-18/h1-11H2,(H,17,19). The summed E-state index contributed by atoms with van der Waals surface area (Å²) in [4.78, 5) is 14.3. The fourth-order valence-electron chi connectivity index (χ4n) is 3.02. The minimum Gasteiger partial charge on any atom is -0.358 e. The lowest BCUT2D eigenvalue weighted by Gasteiger charge is -2.26. The van der Waals surface area contributed by atoms with Crippen LogP contribution in [-0.2, 0) is 4.79 Å². The molecule has 0 bridgehead atoms. The van der Waals surface area contributed by atoms with E-state index in [-0.39, 0.29) is 5.91 Å². The normalized spacial score (nSPS) is 21.4. The van der Waals surface area contributed by atoms with Crippen molar-refractivity contribution in [3.05, 3.63) is 0 Å². The first-order valence-electron chi connectivity index (χ1n) is 7.79. The van der Waals surface area contributed by atoms with Gasteiger partial charge in [-0.3, -0.25) is 4.79 Å². The molecular weight excluding hydrogens is 302 g/mol. The molecule has 1 saturated carbocycles. The number of rotatable bonds is 3. The molecule has 0 spiro atoms. The van der Waals surface area contributed by atoms with Crippen molar-refractivity contribution in [2.24, 2.45) is 0 Å². The van der Waals surface area contributed by atoms with Gasteiger partial charge in [0, 0.05) is 13.1 Å². The number of likely N-dealkylation sites (tertiary alicyclic amines) is 1. The summed E-state index contributed by atoms with van der Waals surface area (Å²) in [7, 11) is 0. The molecule has 2 aliphatic rings. The van der Waals surface area contributed by atoms with Crippen molar-refractivity contribution < 1.29 is 4.79 Å². The lowest BCUT2D eigenvalue weighted by atomic mass is 9.92. The number of hydrogen-bond acceptors (Lipinski definition) is 4. The number of hydrogen-bond donors (Lipinski definition) is 1. The summed E-state index contributed by atoms with van der Waals surface area (Å²) in [5.74, 6) is 0.253. The van der Waals surface area contributed by atoms with Gasteiger partial charge in [-0.05, 0) is 25.7 Å². The van der Waals surface area contributed by atoms with Gasteiger partial charge in [-0.25, -0.2) is 0 Å². The zero-order valence-corrected chi connectivity index (χ0v) is 14.0. The van der Waals surface area contributed by atoms with E-state index in [1.807, 2.05) is 0 Å². The molecule has 21 heavy (non-hydrogen) atoms. The minimum absolute atomic E-state index is 0.0648. The summed E-state index contributed by atoms with van der Waals surface area (Å²) < 4.78 is 0.814. The second-order valence-corrected chi connectivity index (χ2v) is 7.51. The summed E-state index contributed by atoms with van der Waals surface area (Å²) in [5.41, 5.74) is -0.649. The lowest BCUT2D eigenvalue weighted by Crippen LogP contribution is -2.48. The molecule has 0 atom stereocenters. The highest BCUT2D eigenvalue weighted by molar-refractivity contribution is 8.23. The van der Waals surface area contributed by atoms with Gasteiger partial charge in [-0.15, -0.1) is 0 Å². The van der Waals surface area contributed by atoms with Crippen LogP contribution in [0.4, 0.5) is 0 Å². The van der Waals surface area contributed by atoms with E-state index in [1.165, 1.54) is 24.6 Å². The Bertz CT molecular complexity index is 419. The molecule has 1 aliphatic carbocycles. The van der Waals surface area contributed by atoms with Gasteiger partial charge in [0.15, 0.2) is 0 Å². The fraction of sp³-hybridized carbons (Fsp3) is 0.800. The van der Waals surface area contributed by atoms with Crippen molar-refractivity contribution in [1.29, 1.82) is 5.26 Å². The molecule has 4 nitrogen and oxygen atoms in total. The molecule has 1 heterocycles. The van der Waals surface area contributed by atoms with E-state index in [0.29, 0.717) is 5.75 Å². The Morgan fingerprint density at radius 3 is 2.38 bits per heavy atom. The van der Waals surface area contributed by atoms with E-state index in [9.17, 15) is 10.1 Å². The molecule has 0 aromatic heterocycles. The summed E-state index contributed by atoms with van der Waals surface area (Å²) >= 11 is 6.78. The van der Waals surface area contributed by atoms with Gasteiger partial charge in [0.1, 0.15) is 9.86 Å². The van der Waals surface area contributed by atoms with Crippen LogP contribution in [0.25, 0.3) is 0 Å². The zero-order chi connectivity index (χ0) is 15.1. The van der Waals surface area contributed by atoms with Crippen LogP contribution in [-0.4, -0.2) is 39.5 Å². The van der Waals surface area contributed by atoms with Crippen molar-refractivity contribution in [3.8, 4) is 6.07 Å². The van der Waals surface area contributed by atoms with Crippen LogP contribution in [0.1, 0.15) is 51.4 Å². The van der Waals surface area contributed by atoms with Gasteiger partial charge in [-0.2, -0.15) is 5.26 Å². The third-order valence-electron chi connectivity index (χ3n) is 4.24. The van der Waals surface area contributed by atoms with Gasteiger partial charge in [0.2, 0.25) is 5.91 Å². The molecular formula is C15H23N3OS2. The lowest BCUT2D eigenvalue weighted by molar-refractivity contribution is -0.120. The van der Waals surface area contributed by atoms with Gasteiger partial charge in [0.25, 0.3) is 0 Å². The van der Waals surface area contributed by atoms with Crippen LogP contribution in [0, 0.1) is 11.3 Å². The molecule has 2 rings (SSSR count). The first-order valence-corrected chi connectivity index (χ1v) is 9.19. The number of amides is 1. The molecule has 0 aromatic rings. The van der Waals surface area contributed by atoms with Crippen molar-refractivity contribution in [1.82, 2.24) is 10.2 Å². The summed E-state index contributed by atoms with van der Waals surface area (Å²) in [6, 6.07) is 2.35. The first kappa shape index (κ1) is 16.6. The van der Waals surface area contributed by atoms with Crippen LogP contribution >= 0.6 is 24.0 Å². The van der Waals surface area contributed by atoms with E-state index in [4.69, 9.17) is 12.2 Å². The number of carbonyl (C=O) groups is 1. The topological polar surface area (TPSA) is 56.1 Å². The molecule has 0 unspecified atom stereocenters. The second-order valence-electron chi connectivity index (χ2n) is 5.91. The van der Waals surface area contributed by atoms with Crippen molar-refractivity contribution >= 4 is 34.2 Å². The van der Waals surface area contributed by atoms with E-state index >= 15 is 0 Å².